The van der Waals surface area contributed by atoms with Crippen LogP contribution in [0.5, 0.6) is 0 Å². The molecule has 16 heavy (non-hydrogen) atoms. The SMILES string of the molecule is Brc1cccc(CNCc2cccnc2)n1. The van der Waals surface area contributed by atoms with Crippen molar-refractivity contribution in [2.75, 3.05) is 0 Å². The summed E-state index contributed by atoms with van der Waals surface area (Å²) in [7, 11) is 0. The molecule has 2 aromatic rings. The average molecular weight is 278 g/mol. The Morgan fingerprint density at radius 3 is 2.81 bits per heavy atom. The molecule has 0 radical (unpaired) electrons. The highest BCUT2D eigenvalue weighted by Gasteiger charge is 1.96. The Labute approximate surface area is 103 Å². The number of hydrogen-bond acceptors (Lipinski definition) is 3. The van der Waals surface area contributed by atoms with Crippen LogP contribution in [0.25, 0.3) is 0 Å². The summed E-state index contributed by atoms with van der Waals surface area (Å²) in [5, 5.41) is 3.32. The molecule has 0 fully saturated rings. The van der Waals surface area contributed by atoms with E-state index in [1.54, 1.807) is 6.20 Å². The summed E-state index contributed by atoms with van der Waals surface area (Å²) in [5.74, 6) is 0. The van der Waals surface area contributed by atoms with Gasteiger partial charge in [-0.3, -0.25) is 4.98 Å². The van der Waals surface area contributed by atoms with E-state index in [4.69, 9.17) is 0 Å². The maximum Gasteiger partial charge on any atom is 0.106 e. The molecule has 2 rings (SSSR count). The van der Waals surface area contributed by atoms with Crippen molar-refractivity contribution in [3.63, 3.8) is 0 Å². The molecule has 1 N–H and O–H groups in total. The highest BCUT2D eigenvalue weighted by atomic mass is 79.9. The Morgan fingerprint density at radius 2 is 2.06 bits per heavy atom. The van der Waals surface area contributed by atoms with Crippen LogP contribution in [-0.2, 0) is 13.1 Å². The zero-order valence-electron chi connectivity index (χ0n) is 8.73. The van der Waals surface area contributed by atoms with Gasteiger partial charge in [-0.2, -0.15) is 0 Å². The van der Waals surface area contributed by atoms with Gasteiger partial charge in [-0.05, 0) is 39.7 Å². The maximum atomic E-state index is 4.34. The van der Waals surface area contributed by atoms with Gasteiger partial charge < -0.3 is 5.32 Å². The zero-order chi connectivity index (χ0) is 11.2. The van der Waals surface area contributed by atoms with Crippen LogP contribution in [0.1, 0.15) is 11.3 Å². The van der Waals surface area contributed by atoms with E-state index in [2.05, 4.69) is 31.2 Å². The lowest BCUT2D eigenvalue weighted by Crippen LogP contribution is -2.13. The van der Waals surface area contributed by atoms with Crippen molar-refractivity contribution in [2.24, 2.45) is 0 Å². The van der Waals surface area contributed by atoms with Crippen molar-refractivity contribution in [2.45, 2.75) is 13.1 Å². The molecule has 0 spiro atoms. The first-order valence-electron chi connectivity index (χ1n) is 5.05. The average Bonchev–Trinajstić information content (AvgIpc) is 2.30. The van der Waals surface area contributed by atoms with Gasteiger partial charge in [0.05, 0.1) is 5.69 Å². The third-order valence-electron chi connectivity index (χ3n) is 2.13. The topological polar surface area (TPSA) is 37.8 Å². The number of halogens is 1. The van der Waals surface area contributed by atoms with Gasteiger partial charge in [0.25, 0.3) is 0 Å². The number of hydrogen-bond donors (Lipinski definition) is 1. The zero-order valence-corrected chi connectivity index (χ0v) is 10.3. The molecule has 82 valence electrons. The highest BCUT2D eigenvalue weighted by molar-refractivity contribution is 9.10. The van der Waals surface area contributed by atoms with E-state index in [1.165, 1.54) is 5.56 Å². The molecule has 0 amide bonds. The Morgan fingerprint density at radius 1 is 1.12 bits per heavy atom. The molecule has 3 nitrogen and oxygen atoms in total. The molecular weight excluding hydrogens is 266 g/mol. The predicted octanol–water partition coefficient (Wildman–Crippen LogP) is 2.53. The van der Waals surface area contributed by atoms with E-state index in [9.17, 15) is 0 Å². The monoisotopic (exact) mass is 277 g/mol. The Balaban J connectivity index is 1.85. The van der Waals surface area contributed by atoms with Crippen LogP contribution in [-0.4, -0.2) is 9.97 Å². The fraction of sp³-hybridized carbons (Fsp3) is 0.167. The number of aromatic nitrogens is 2. The first-order valence-corrected chi connectivity index (χ1v) is 5.85. The second kappa shape index (κ2) is 5.72. The van der Waals surface area contributed by atoms with Crippen molar-refractivity contribution in [3.8, 4) is 0 Å². The van der Waals surface area contributed by atoms with E-state index >= 15 is 0 Å². The van der Waals surface area contributed by atoms with Crippen LogP contribution in [0.2, 0.25) is 0 Å². The molecule has 0 unspecified atom stereocenters. The molecule has 0 aromatic carbocycles. The van der Waals surface area contributed by atoms with Gasteiger partial charge in [-0.25, -0.2) is 4.98 Å². The van der Waals surface area contributed by atoms with E-state index in [1.807, 2.05) is 36.5 Å². The van der Waals surface area contributed by atoms with Crippen LogP contribution in [0.4, 0.5) is 0 Å². The number of nitrogens with zero attached hydrogens (tertiary/aromatic N) is 2. The van der Waals surface area contributed by atoms with Gasteiger partial charge >= 0.3 is 0 Å². The summed E-state index contributed by atoms with van der Waals surface area (Å²) in [4.78, 5) is 8.40. The first kappa shape index (κ1) is 11.2. The van der Waals surface area contributed by atoms with Crippen molar-refractivity contribution in [1.29, 1.82) is 0 Å². The van der Waals surface area contributed by atoms with Crippen molar-refractivity contribution < 1.29 is 0 Å². The molecule has 0 aliphatic rings. The maximum absolute atomic E-state index is 4.34. The van der Waals surface area contributed by atoms with Crippen LogP contribution in [0.15, 0.2) is 47.3 Å². The van der Waals surface area contributed by atoms with Crippen molar-refractivity contribution in [1.82, 2.24) is 15.3 Å². The molecule has 0 saturated carbocycles. The minimum Gasteiger partial charge on any atom is -0.307 e. The quantitative estimate of drug-likeness (QED) is 0.873. The summed E-state index contributed by atoms with van der Waals surface area (Å²) in [5.41, 5.74) is 2.20. The normalized spacial score (nSPS) is 10.3. The third-order valence-corrected chi connectivity index (χ3v) is 2.57. The van der Waals surface area contributed by atoms with Gasteiger partial charge in [0, 0.05) is 25.5 Å². The van der Waals surface area contributed by atoms with Crippen LogP contribution in [0.3, 0.4) is 0 Å². The lowest BCUT2D eigenvalue weighted by atomic mass is 10.3. The Bertz CT molecular complexity index is 445. The molecule has 0 aliphatic carbocycles. The molecule has 0 atom stereocenters. The molecule has 0 aliphatic heterocycles. The largest absolute Gasteiger partial charge is 0.307 e. The number of nitrogens with one attached hydrogen (secondary N) is 1. The predicted molar refractivity (Wildman–Crippen MR) is 66.7 cm³/mol. The fourth-order valence-corrected chi connectivity index (χ4v) is 1.77. The minimum absolute atomic E-state index is 0.758. The van der Waals surface area contributed by atoms with E-state index in [0.29, 0.717) is 0 Å². The first-order chi connectivity index (χ1) is 7.84. The summed E-state index contributed by atoms with van der Waals surface area (Å²) in [6.45, 7) is 1.57. The lowest BCUT2D eigenvalue weighted by Gasteiger charge is -2.04. The molecule has 0 bridgehead atoms. The Hall–Kier alpha value is -1.26. The second-order valence-electron chi connectivity index (χ2n) is 3.42. The number of rotatable bonds is 4. The minimum atomic E-state index is 0.758. The highest BCUT2D eigenvalue weighted by Crippen LogP contribution is 2.06. The van der Waals surface area contributed by atoms with Crippen molar-refractivity contribution >= 4 is 15.9 Å². The second-order valence-corrected chi connectivity index (χ2v) is 4.23. The molecule has 0 saturated heterocycles. The van der Waals surface area contributed by atoms with Crippen LogP contribution in [0, 0.1) is 0 Å². The van der Waals surface area contributed by atoms with Crippen LogP contribution >= 0.6 is 15.9 Å². The van der Waals surface area contributed by atoms with Gasteiger partial charge in [-0.15, -0.1) is 0 Å². The van der Waals surface area contributed by atoms with E-state index in [-0.39, 0.29) is 0 Å². The molecule has 2 heterocycles. The van der Waals surface area contributed by atoms with Gasteiger partial charge in [0.15, 0.2) is 0 Å². The summed E-state index contributed by atoms with van der Waals surface area (Å²) < 4.78 is 0.869. The third kappa shape index (κ3) is 3.40. The van der Waals surface area contributed by atoms with E-state index < -0.39 is 0 Å². The smallest absolute Gasteiger partial charge is 0.106 e. The van der Waals surface area contributed by atoms with Crippen LogP contribution < -0.4 is 5.32 Å². The van der Waals surface area contributed by atoms with Gasteiger partial charge in [0.2, 0.25) is 0 Å². The van der Waals surface area contributed by atoms with Gasteiger partial charge in [-0.1, -0.05) is 12.1 Å². The fourth-order valence-electron chi connectivity index (χ4n) is 1.39. The molecular formula is C12H12BrN3. The Kier molecular flexibility index (Phi) is 4.02. The standard InChI is InChI=1S/C12H12BrN3/c13-12-5-1-4-11(16-12)9-15-8-10-3-2-6-14-7-10/h1-7,15H,8-9H2. The molecule has 2 aromatic heterocycles. The van der Waals surface area contributed by atoms with E-state index in [0.717, 1.165) is 23.4 Å². The summed E-state index contributed by atoms with van der Waals surface area (Å²) in [6.07, 6.45) is 3.64. The van der Waals surface area contributed by atoms with Gasteiger partial charge in [0.1, 0.15) is 4.60 Å². The number of pyridine rings is 2. The summed E-state index contributed by atoms with van der Waals surface area (Å²) >= 11 is 3.35. The van der Waals surface area contributed by atoms with Crippen molar-refractivity contribution in [3.05, 3.63) is 58.6 Å². The lowest BCUT2D eigenvalue weighted by molar-refractivity contribution is 0.677. The molecule has 4 heteroatoms. The summed E-state index contributed by atoms with van der Waals surface area (Å²) in [6, 6.07) is 9.90.